The molecule has 1 N–H and O–H groups in total. The molecule has 0 amide bonds. The molecular formula is C15H20BrN3O2. The van der Waals surface area contributed by atoms with Gasteiger partial charge in [0.15, 0.2) is 0 Å². The Kier molecular flexibility index (Phi) is 6.72. The zero-order valence-corrected chi connectivity index (χ0v) is 13.7. The second-order valence-electron chi connectivity index (χ2n) is 4.58. The van der Waals surface area contributed by atoms with Crippen LogP contribution in [0.15, 0.2) is 41.1 Å². The number of halogens is 1. The van der Waals surface area contributed by atoms with Crippen molar-refractivity contribution >= 4 is 15.9 Å². The predicted molar refractivity (Wildman–Crippen MR) is 85.4 cm³/mol. The van der Waals surface area contributed by atoms with E-state index in [0.717, 1.165) is 42.0 Å². The van der Waals surface area contributed by atoms with E-state index in [-0.39, 0.29) is 0 Å². The van der Waals surface area contributed by atoms with Gasteiger partial charge in [0.1, 0.15) is 12.4 Å². The van der Waals surface area contributed by atoms with E-state index in [1.807, 2.05) is 41.3 Å². The summed E-state index contributed by atoms with van der Waals surface area (Å²) in [6.45, 7) is 3.69. The van der Waals surface area contributed by atoms with Gasteiger partial charge in [-0.2, -0.15) is 5.10 Å². The first-order valence-electron chi connectivity index (χ1n) is 6.87. The standard InChI is InChI=1S/C15H20BrN3O2/c1-20-8-6-17-10-13-11-18-19(12-13)7-9-21-15-4-2-14(16)3-5-15/h2-5,11-12,17H,6-10H2,1H3. The maximum Gasteiger partial charge on any atom is 0.119 e. The molecule has 0 aliphatic heterocycles. The molecule has 0 bridgehead atoms. The fourth-order valence-electron chi connectivity index (χ4n) is 1.81. The summed E-state index contributed by atoms with van der Waals surface area (Å²) in [4.78, 5) is 0. The quantitative estimate of drug-likeness (QED) is 0.703. The van der Waals surface area contributed by atoms with Crippen LogP contribution in [0.25, 0.3) is 0 Å². The highest BCUT2D eigenvalue weighted by Gasteiger charge is 1.99. The van der Waals surface area contributed by atoms with Crippen molar-refractivity contribution in [2.75, 3.05) is 26.9 Å². The summed E-state index contributed by atoms with van der Waals surface area (Å²) in [6, 6.07) is 7.82. The van der Waals surface area contributed by atoms with Gasteiger partial charge < -0.3 is 14.8 Å². The molecule has 2 rings (SSSR count). The van der Waals surface area contributed by atoms with E-state index in [2.05, 4.69) is 26.3 Å². The Morgan fingerprint density at radius 2 is 2.05 bits per heavy atom. The highest BCUT2D eigenvalue weighted by molar-refractivity contribution is 9.10. The smallest absolute Gasteiger partial charge is 0.119 e. The molecule has 6 heteroatoms. The van der Waals surface area contributed by atoms with Gasteiger partial charge in [0, 0.05) is 36.4 Å². The highest BCUT2D eigenvalue weighted by atomic mass is 79.9. The van der Waals surface area contributed by atoms with Crippen LogP contribution in [0.2, 0.25) is 0 Å². The molecule has 0 atom stereocenters. The topological polar surface area (TPSA) is 48.3 Å². The van der Waals surface area contributed by atoms with Crippen LogP contribution in [-0.4, -0.2) is 36.6 Å². The van der Waals surface area contributed by atoms with Crippen LogP contribution in [0.1, 0.15) is 5.56 Å². The molecule has 0 spiro atoms. The van der Waals surface area contributed by atoms with Gasteiger partial charge in [0.25, 0.3) is 0 Å². The van der Waals surface area contributed by atoms with Gasteiger partial charge in [-0.25, -0.2) is 0 Å². The number of rotatable bonds is 9. The average Bonchev–Trinajstić information content (AvgIpc) is 2.94. The second kappa shape index (κ2) is 8.81. The van der Waals surface area contributed by atoms with Gasteiger partial charge in [0.05, 0.1) is 19.3 Å². The summed E-state index contributed by atoms with van der Waals surface area (Å²) in [7, 11) is 1.70. The molecule has 0 radical (unpaired) electrons. The Bertz CT molecular complexity index is 528. The monoisotopic (exact) mass is 353 g/mol. The number of hydrogen-bond acceptors (Lipinski definition) is 4. The Morgan fingerprint density at radius 3 is 2.81 bits per heavy atom. The molecule has 0 saturated heterocycles. The van der Waals surface area contributed by atoms with Crippen molar-refractivity contribution in [2.24, 2.45) is 0 Å². The van der Waals surface area contributed by atoms with Gasteiger partial charge in [-0.3, -0.25) is 4.68 Å². The summed E-state index contributed by atoms with van der Waals surface area (Å²) in [6.07, 6.45) is 3.91. The van der Waals surface area contributed by atoms with Gasteiger partial charge in [-0.05, 0) is 24.3 Å². The lowest BCUT2D eigenvalue weighted by Crippen LogP contribution is -2.18. The van der Waals surface area contributed by atoms with Crippen molar-refractivity contribution in [1.29, 1.82) is 0 Å². The van der Waals surface area contributed by atoms with Crippen molar-refractivity contribution in [1.82, 2.24) is 15.1 Å². The fraction of sp³-hybridized carbons (Fsp3) is 0.400. The van der Waals surface area contributed by atoms with Crippen LogP contribution in [0.3, 0.4) is 0 Å². The van der Waals surface area contributed by atoms with E-state index in [4.69, 9.17) is 9.47 Å². The lowest BCUT2D eigenvalue weighted by Gasteiger charge is -2.06. The van der Waals surface area contributed by atoms with Crippen molar-refractivity contribution in [3.8, 4) is 5.75 Å². The van der Waals surface area contributed by atoms with E-state index in [9.17, 15) is 0 Å². The van der Waals surface area contributed by atoms with Crippen LogP contribution in [-0.2, 0) is 17.8 Å². The number of nitrogens with one attached hydrogen (secondary N) is 1. The molecule has 2 aromatic rings. The maximum absolute atomic E-state index is 5.67. The Balaban J connectivity index is 1.69. The molecule has 0 saturated carbocycles. The van der Waals surface area contributed by atoms with Crippen LogP contribution in [0.5, 0.6) is 5.75 Å². The summed E-state index contributed by atoms with van der Waals surface area (Å²) in [5.74, 6) is 0.867. The van der Waals surface area contributed by atoms with Crippen LogP contribution < -0.4 is 10.1 Å². The summed E-state index contributed by atoms with van der Waals surface area (Å²) >= 11 is 3.40. The van der Waals surface area contributed by atoms with Crippen molar-refractivity contribution in [2.45, 2.75) is 13.1 Å². The molecule has 1 aromatic carbocycles. The fourth-order valence-corrected chi connectivity index (χ4v) is 2.08. The molecule has 0 aliphatic carbocycles. The van der Waals surface area contributed by atoms with E-state index < -0.39 is 0 Å². The summed E-state index contributed by atoms with van der Waals surface area (Å²) in [5.41, 5.74) is 1.16. The number of hydrogen-bond donors (Lipinski definition) is 1. The van der Waals surface area contributed by atoms with E-state index >= 15 is 0 Å². The molecule has 114 valence electrons. The normalized spacial score (nSPS) is 10.8. The van der Waals surface area contributed by atoms with Gasteiger partial charge >= 0.3 is 0 Å². The first kappa shape index (κ1) is 16.0. The SMILES string of the molecule is COCCNCc1cnn(CCOc2ccc(Br)cc2)c1. The second-order valence-corrected chi connectivity index (χ2v) is 5.50. The zero-order valence-electron chi connectivity index (χ0n) is 12.1. The van der Waals surface area contributed by atoms with Crippen LogP contribution in [0, 0.1) is 0 Å². The number of aromatic nitrogens is 2. The van der Waals surface area contributed by atoms with E-state index in [1.54, 1.807) is 7.11 Å². The first-order chi connectivity index (χ1) is 10.3. The number of nitrogens with zero attached hydrogens (tertiary/aromatic N) is 2. The third-order valence-corrected chi connectivity index (χ3v) is 3.43. The Morgan fingerprint density at radius 1 is 1.24 bits per heavy atom. The molecule has 0 unspecified atom stereocenters. The van der Waals surface area contributed by atoms with E-state index in [1.165, 1.54) is 0 Å². The van der Waals surface area contributed by atoms with Crippen molar-refractivity contribution in [3.05, 3.63) is 46.7 Å². The van der Waals surface area contributed by atoms with Crippen molar-refractivity contribution in [3.63, 3.8) is 0 Å². The van der Waals surface area contributed by atoms with Gasteiger partial charge in [-0.1, -0.05) is 15.9 Å². The molecule has 0 aliphatic rings. The highest BCUT2D eigenvalue weighted by Crippen LogP contribution is 2.15. The zero-order chi connectivity index (χ0) is 14.9. The number of ether oxygens (including phenoxy) is 2. The van der Waals surface area contributed by atoms with Crippen LogP contribution in [0.4, 0.5) is 0 Å². The lowest BCUT2D eigenvalue weighted by atomic mass is 10.3. The number of methoxy groups -OCH3 is 1. The molecule has 1 aromatic heterocycles. The third kappa shape index (κ3) is 5.87. The first-order valence-corrected chi connectivity index (χ1v) is 7.66. The van der Waals surface area contributed by atoms with Gasteiger partial charge in [-0.15, -0.1) is 0 Å². The lowest BCUT2D eigenvalue weighted by molar-refractivity contribution is 0.199. The van der Waals surface area contributed by atoms with E-state index in [0.29, 0.717) is 6.61 Å². The van der Waals surface area contributed by atoms with Crippen LogP contribution >= 0.6 is 15.9 Å². The summed E-state index contributed by atoms with van der Waals surface area (Å²) < 4.78 is 13.6. The Hall–Kier alpha value is -1.37. The predicted octanol–water partition coefficient (Wildman–Crippen LogP) is 2.46. The molecule has 5 nitrogen and oxygen atoms in total. The third-order valence-electron chi connectivity index (χ3n) is 2.90. The Labute approximate surface area is 133 Å². The minimum atomic E-state index is 0.597. The number of benzene rings is 1. The average molecular weight is 354 g/mol. The molecule has 0 fully saturated rings. The minimum absolute atomic E-state index is 0.597. The minimum Gasteiger partial charge on any atom is -0.492 e. The summed E-state index contributed by atoms with van der Waals surface area (Å²) in [5, 5.41) is 7.61. The van der Waals surface area contributed by atoms with Crippen molar-refractivity contribution < 1.29 is 9.47 Å². The molecule has 1 heterocycles. The van der Waals surface area contributed by atoms with Gasteiger partial charge in [0.2, 0.25) is 0 Å². The molecular weight excluding hydrogens is 334 g/mol. The molecule has 21 heavy (non-hydrogen) atoms. The maximum atomic E-state index is 5.67. The largest absolute Gasteiger partial charge is 0.492 e.